The number of rotatable bonds is 7. The molecule has 0 aliphatic carbocycles. The monoisotopic (exact) mass is 277 g/mol. The number of nitrogens with one attached hydrogen (secondary N) is 1. The molecule has 0 amide bonds. The van der Waals surface area contributed by atoms with Crippen LogP contribution in [0.3, 0.4) is 0 Å². The maximum absolute atomic E-state index is 5.41. The first-order valence-electron chi connectivity index (χ1n) is 7.68. The molecule has 112 valence electrons. The fourth-order valence-corrected chi connectivity index (χ4v) is 2.63. The molecule has 0 atom stereocenters. The van der Waals surface area contributed by atoms with Crippen molar-refractivity contribution in [3.05, 3.63) is 29.6 Å². The molecule has 0 radical (unpaired) electrons. The Bertz CT molecular complexity index is 374. The smallest absolute Gasteiger partial charge is 0.0544 e. The lowest BCUT2D eigenvalue weighted by atomic mass is 10.00. The molecule has 1 saturated heterocycles. The molecule has 0 spiro atoms. The predicted octanol–water partition coefficient (Wildman–Crippen LogP) is 2.05. The number of aromatic nitrogens is 1. The van der Waals surface area contributed by atoms with E-state index in [4.69, 9.17) is 4.74 Å². The van der Waals surface area contributed by atoms with Gasteiger partial charge in [0.15, 0.2) is 0 Å². The molecule has 0 unspecified atom stereocenters. The second-order valence-corrected chi connectivity index (χ2v) is 5.69. The minimum atomic E-state index is 0.779. The van der Waals surface area contributed by atoms with Crippen molar-refractivity contribution in [3.63, 3.8) is 0 Å². The number of nitrogens with zero attached hydrogens (tertiary/aromatic N) is 2. The van der Waals surface area contributed by atoms with Crippen molar-refractivity contribution in [2.45, 2.75) is 32.9 Å². The quantitative estimate of drug-likeness (QED) is 0.828. The van der Waals surface area contributed by atoms with E-state index in [0.717, 1.165) is 51.0 Å². The summed E-state index contributed by atoms with van der Waals surface area (Å²) in [5, 5.41) is 3.32. The van der Waals surface area contributed by atoms with E-state index < -0.39 is 0 Å². The Morgan fingerprint density at radius 1 is 1.35 bits per heavy atom. The van der Waals surface area contributed by atoms with E-state index in [1.54, 1.807) is 0 Å². The third-order valence-electron chi connectivity index (χ3n) is 3.81. The van der Waals surface area contributed by atoms with Crippen LogP contribution in [0.25, 0.3) is 0 Å². The van der Waals surface area contributed by atoms with Gasteiger partial charge in [0, 0.05) is 39.0 Å². The predicted molar refractivity (Wildman–Crippen MR) is 81.5 cm³/mol. The van der Waals surface area contributed by atoms with Gasteiger partial charge in [-0.2, -0.15) is 0 Å². The molecular weight excluding hydrogens is 250 g/mol. The largest absolute Gasteiger partial charge is 0.381 e. The van der Waals surface area contributed by atoms with Crippen LogP contribution in [-0.2, 0) is 17.8 Å². The summed E-state index contributed by atoms with van der Waals surface area (Å²) < 4.78 is 5.41. The molecule has 2 heterocycles. The van der Waals surface area contributed by atoms with Crippen molar-refractivity contribution in [3.8, 4) is 0 Å². The van der Waals surface area contributed by atoms with Crippen LogP contribution in [-0.4, -0.2) is 43.2 Å². The van der Waals surface area contributed by atoms with Crippen LogP contribution in [0.1, 0.15) is 31.0 Å². The number of hydrogen-bond donors (Lipinski definition) is 1. The van der Waals surface area contributed by atoms with Crippen LogP contribution in [0, 0.1) is 5.92 Å². The molecule has 4 nitrogen and oxygen atoms in total. The van der Waals surface area contributed by atoms with E-state index in [2.05, 4.69) is 41.3 Å². The molecule has 1 aliphatic rings. The Morgan fingerprint density at radius 3 is 2.80 bits per heavy atom. The van der Waals surface area contributed by atoms with Gasteiger partial charge in [-0.15, -0.1) is 0 Å². The summed E-state index contributed by atoms with van der Waals surface area (Å²) in [5.74, 6) is 0.779. The van der Waals surface area contributed by atoms with Crippen molar-refractivity contribution in [1.82, 2.24) is 15.2 Å². The zero-order valence-corrected chi connectivity index (χ0v) is 12.8. The van der Waals surface area contributed by atoms with Gasteiger partial charge in [0.1, 0.15) is 0 Å². The highest BCUT2D eigenvalue weighted by atomic mass is 16.5. The minimum absolute atomic E-state index is 0.779. The molecule has 1 N–H and O–H groups in total. The average molecular weight is 277 g/mol. The van der Waals surface area contributed by atoms with E-state index in [0.29, 0.717) is 0 Å². The lowest BCUT2D eigenvalue weighted by Gasteiger charge is -2.26. The standard InChI is InChI=1S/C16H27N3O/c1-3-17-10-15-4-5-16(18-11-15)13-19(2)12-14-6-8-20-9-7-14/h4-5,11,14,17H,3,6-10,12-13H2,1-2H3. The van der Waals surface area contributed by atoms with Gasteiger partial charge in [0.05, 0.1) is 5.69 Å². The summed E-state index contributed by atoms with van der Waals surface area (Å²) >= 11 is 0. The van der Waals surface area contributed by atoms with Gasteiger partial charge in [-0.1, -0.05) is 13.0 Å². The molecule has 2 rings (SSSR count). The molecule has 1 aliphatic heterocycles. The molecule has 0 aromatic carbocycles. The van der Waals surface area contributed by atoms with Gasteiger partial charge in [0.25, 0.3) is 0 Å². The van der Waals surface area contributed by atoms with Gasteiger partial charge in [0.2, 0.25) is 0 Å². The van der Waals surface area contributed by atoms with Crippen LogP contribution in [0.15, 0.2) is 18.3 Å². The molecule has 20 heavy (non-hydrogen) atoms. The van der Waals surface area contributed by atoms with Crippen molar-refractivity contribution >= 4 is 0 Å². The Morgan fingerprint density at radius 2 is 2.15 bits per heavy atom. The van der Waals surface area contributed by atoms with Crippen LogP contribution in [0.5, 0.6) is 0 Å². The van der Waals surface area contributed by atoms with Crippen LogP contribution >= 0.6 is 0 Å². The molecule has 4 heteroatoms. The fourth-order valence-electron chi connectivity index (χ4n) is 2.63. The van der Waals surface area contributed by atoms with Crippen LogP contribution in [0.2, 0.25) is 0 Å². The van der Waals surface area contributed by atoms with Crippen LogP contribution < -0.4 is 5.32 Å². The number of hydrogen-bond acceptors (Lipinski definition) is 4. The topological polar surface area (TPSA) is 37.4 Å². The molecule has 1 fully saturated rings. The maximum atomic E-state index is 5.41. The first kappa shape index (κ1) is 15.4. The highest BCUT2D eigenvalue weighted by molar-refractivity contribution is 5.13. The Balaban J connectivity index is 1.76. The van der Waals surface area contributed by atoms with E-state index >= 15 is 0 Å². The zero-order valence-electron chi connectivity index (χ0n) is 12.8. The van der Waals surface area contributed by atoms with Crippen molar-refractivity contribution < 1.29 is 4.74 Å². The zero-order chi connectivity index (χ0) is 14.2. The highest BCUT2D eigenvalue weighted by Crippen LogP contribution is 2.16. The molecular formula is C16H27N3O. The Labute approximate surface area is 122 Å². The average Bonchev–Trinajstić information content (AvgIpc) is 2.47. The summed E-state index contributed by atoms with van der Waals surface area (Å²) in [6.45, 7) is 7.94. The summed E-state index contributed by atoms with van der Waals surface area (Å²) in [6, 6.07) is 4.32. The highest BCUT2D eigenvalue weighted by Gasteiger charge is 2.15. The summed E-state index contributed by atoms with van der Waals surface area (Å²) in [6.07, 6.45) is 4.37. The van der Waals surface area contributed by atoms with E-state index in [1.165, 1.54) is 18.4 Å². The lowest BCUT2D eigenvalue weighted by molar-refractivity contribution is 0.0548. The SMILES string of the molecule is CCNCc1ccc(CN(C)CC2CCOCC2)nc1. The van der Waals surface area contributed by atoms with Gasteiger partial charge >= 0.3 is 0 Å². The third-order valence-corrected chi connectivity index (χ3v) is 3.81. The molecule has 0 bridgehead atoms. The van der Waals surface area contributed by atoms with Gasteiger partial charge < -0.3 is 15.0 Å². The van der Waals surface area contributed by atoms with Gasteiger partial charge in [-0.05, 0) is 44.0 Å². The summed E-state index contributed by atoms with van der Waals surface area (Å²) in [7, 11) is 2.18. The minimum Gasteiger partial charge on any atom is -0.381 e. The first-order chi connectivity index (χ1) is 9.78. The summed E-state index contributed by atoms with van der Waals surface area (Å²) in [5.41, 5.74) is 2.41. The normalized spacial score (nSPS) is 16.8. The number of ether oxygens (including phenoxy) is 1. The number of pyridine rings is 1. The van der Waals surface area contributed by atoms with Crippen molar-refractivity contribution in [2.75, 3.05) is 33.4 Å². The van der Waals surface area contributed by atoms with Crippen molar-refractivity contribution in [1.29, 1.82) is 0 Å². The Kier molecular flexibility index (Phi) is 6.43. The second kappa shape index (κ2) is 8.35. The van der Waals surface area contributed by atoms with Crippen molar-refractivity contribution in [2.24, 2.45) is 5.92 Å². The molecule has 0 saturated carbocycles. The van der Waals surface area contributed by atoms with Crippen LogP contribution in [0.4, 0.5) is 0 Å². The lowest BCUT2D eigenvalue weighted by Crippen LogP contribution is -2.29. The van der Waals surface area contributed by atoms with E-state index in [-0.39, 0.29) is 0 Å². The summed E-state index contributed by atoms with van der Waals surface area (Å²) in [4.78, 5) is 6.94. The first-order valence-corrected chi connectivity index (χ1v) is 7.68. The second-order valence-electron chi connectivity index (χ2n) is 5.69. The third kappa shape index (κ3) is 5.19. The van der Waals surface area contributed by atoms with E-state index in [9.17, 15) is 0 Å². The van der Waals surface area contributed by atoms with Gasteiger partial charge in [-0.25, -0.2) is 0 Å². The van der Waals surface area contributed by atoms with Gasteiger partial charge in [-0.3, -0.25) is 4.98 Å². The maximum Gasteiger partial charge on any atom is 0.0544 e. The van der Waals surface area contributed by atoms with E-state index in [1.807, 2.05) is 6.20 Å². The molecule has 1 aromatic heterocycles. The molecule has 1 aromatic rings. The fraction of sp³-hybridized carbons (Fsp3) is 0.688. The Hall–Kier alpha value is -0.970.